The number of sulfonamides is 1. The molecule has 2 rings (SSSR count). The molecule has 0 aliphatic heterocycles. The van der Waals surface area contributed by atoms with E-state index < -0.39 is 10.0 Å². The van der Waals surface area contributed by atoms with E-state index in [4.69, 9.17) is 0 Å². The number of nitrogens with zero attached hydrogens (tertiary/aromatic N) is 1. The fourth-order valence-electron chi connectivity index (χ4n) is 1.60. The second-order valence-electron chi connectivity index (χ2n) is 4.15. The van der Waals surface area contributed by atoms with E-state index in [9.17, 15) is 8.42 Å². The molecule has 0 bridgehead atoms. The van der Waals surface area contributed by atoms with Gasteiger partial charge >= 0.3 is 0 Å². The Labute approximate surface area is 134 Å². The predicted octanol–water partition coefficient (Wildman–Crippen LogP) is 3.85. The van der Waals surface area contributed by atoms with Crippen LogP contribution in [0.15, 0.2) is 45.9 Å². The molecule has 0 saturated heterocycles. The summed E-state index contributed by atoms with van der Waals surface area (Å²) in [6.07, 6.45) is 0. The Kier molecular flexibility index (Phi) is 4.82. The van der Waals surface area contributed by atoms with Crippen molar-refractivity contribution in [3.05, 3.63) is 52.3 Å². The van der Waals surface area contributed by atoms with Crippen molar-refractivity contribution >= 4 is 47.6 Å². The van der Waals surface area contributed by atoms with Gasteiger partial charge in [0.25, 0.3) is 10.0 Å². The van der Waals surface area contributed by atoms with Crippen molar-refractivity contribution in [2.75, 3.05) is 4.72 Å². The van der Waals surface area contributed by atoms with E-state index in [1.54, 1.807) is 43.3 Å². The van der Waals surface area contributed by atoms with Gasteiger partial charge in [0.05, 0.1) is 16.3 Å². The van der Waals surface area contributed by atoms with E-state index in [1.165, 1.54) is 0 Å². The van der Waals surface area contributed by atoms with Crippen LogP contribution >= 0.6 is 31.9 Å². The highest BCUT2D eigenvalue weighted by Gasteiger charge is 2.15. The highest BCUT2D eigenvalue weighted by molar-refractivity contribution is 9.10. The fraction of sp³-hybridized carbons (Fsp3) is 0.154. The lowest BCUT2D eigenvalue weighted by Crippen LogP contribution is -2.14. The molecule has 106 valence electrons. The largest absolute Gasteiger partial charge is 0.278 e. The van der Waals surface area contributed by atoms with Crippen molar-refractivity contribution < 1.29 is 8.42 Å². The van der Waals surface area contributed by atoms with Crippen LogP contribution < -0.4 is 4.72 Å². The normalized spacial score (nSPS) is 11.3. The van der Waals surface area contributed by atoms with E-state index in [-0.39, 0.29) is 4.90 Å². The molecule has 0 saturated carbocycles. The van der Waals surface area contributed by atoms with Crippen LogP contribution in [0.4, 0.5) is 5.69 Å². The van der Waals surface area contributed by atoms with Gasteiger partial charge in [0.15, 0.2) is 0 Å². The Balaban J connectivity index is 2.30. The predicted molar refractivity (Wildman–Crippen MR) is 86.6 cm³/mol. The molecular weight excluding hydrogens is 408 g/mol. The molecule has 1 N–H and O–H groups in total. The van der Waals surface area contributed by atoms with E-state index in [0.717, 1.165) is 5.56 Å². The van der Waals surface area contributed by atoms with Crippen molar-refractivity contribution in [3.8, 4) is 0 Å². The molecule has 7 heteroatoms. The third-order valence-corrected chi connectivity index (χ3v) is 5.15. The summed E-state index contributed by atoms with van der Waals surface area (Å²) < 4.78 is 27.8. The highest BCUT2D eigenvalue weighted by Crippen LogP contribution is 2.21. The van der Waals surface area contributed by atoms with Crippen molar-refractivity contribution in [1.82, 2.24) is 4.98 Å². The average Bonchev–Trinajstić information content (AvgIpc) is 2.42. The fourth-order valence-corrected chi connectivity index (χ4v) is 3.49. The van der Waals surface area contributed by atoms with Gasteiger partial charge in [0.2, 0.25) is 0 Å². The summed E-state index contributed by atoms with van der Waals surface area (Å²) in [6, 6.07) is 10.1. The van der Waals surface area contributed by atoms with Crippen molar-refractivity contribution in [2.45, 2.75) is 17.1 Å². The second-order valence-corrected chi connectivity index (χ2v) is 7.21. The Hall–Kier alpha value is -0.920. The van der Waals surface area contributed by atoms with Crippen molar-refractivity contribution in [1.29, 1.82) is 0 Å². The summed E-state index contributed by atoms with van der Waals surface area (Å²) >= 11 is 6.57. The van der Waals surface area contributed by atoms with Gasteiger partial charge < -0.3 is 0 Å². The Morgan fingerprint density at radius 1 is 1.15 bits per heavy atom. The highest BCUT2D eigenvalue weighted by atomic mass is 79.9. The smallest absolute Gasteiger partial charge is 0.261 e. The summed E-state index contributed by atoms with van der Waals surface area (Å²) in [7, 11) is -3.59. The molecule has 0 aliphatic carbocycles. The first kappa shape index (κ1) is 15.5. The minimum absolute atomic E-state index is 0.226. The van der Waals surface area contributed by atoms with Gasteiger partial charge in [0.1, 0.15) is 4.60 Å². The van der Waals surface area contributed by atoms with Crippen LogP contribution in [0.3, 0.4) is 0 Å². The van der Waals surface area contributed by atoms with Gasteiger partial charge in [-0.1, -0.05) is 28.1 Å². The van der Waals surface area contributed by atoms with Crippen molar-refractivity contribution in [3.63, 3.8) is 0 Å². The lowest BCUT2D eigenvalue weighted by molar-refractivity contribution is 0.601. The Bertz CT molecular complexity index is 716. The standard InChI is InChI=1S/C13H12Br2N2O2S/c1-9-12(6-7-13(15)16-9)17-20(18,19)11-4-2-10(8-14)3-5-11/h2-7,17H,8H2,1H3. The number of benzene rings is 1. The second kappa shape index (κ2) is 6.24. The summed E-state index contributed by atoms with van der Waals surface area (Å²) in [6.45, 7) is 1.75. The number of aryl methyl sites for hydroxylation is 1. The lowest BCUT2D eigenvalue weighted by Gasteiger charge is -2.10. The minimum Gasteiger partial charge on any atom is -0.278 e. The summed E-state index contributed by atoms with van der Waals surface area (Å²) in [5.74, 6) is 0. The molecule has 0 aliphatic rings. The number of aromatic nitrogens is 1. The van der Waals surface area contributed by atoms with Gasteiger partial charge in [-0.3, -0.25) is 4.72 Å². The molecular formula is C13H12Br2N2O2S. The molecule has 0 unspecified atom stereocenters. The monoisotopic (exact) mass is 418 g/mol. The van der Waals surface area contributed by atoms with Crippen LogP contribution in [0.1, 0.15) is 11.3 Å². The number of halogens is 2. The van der Waals surface area contributed by atoms with E-state index in [2.05, 4.69) is 41.6 Å². The Morgan fingerprint density at radius 3 is 2.35 bits per heavy atom. The number of pyridine rings is 1. The SMILES string of the molecule is Cc1nc(Br)ccc1NS(=O)(=O)c1ccc(CBr)cc1. The van der Waals surface area contributed by atoms with Gasteiger partial charge in [-0.15, -0.1) is 0 Å². The molecule has 0 fully saturated rings. The maximum Gasteiger partial charge on any atom is 0.261 e. The number of anilines is 1. The number of nitrogens with one attached hydrogen (secondary N) is 1. The van der Waals surface area contributed by atoms with Crippen LogP contribution in [0.5, 0.6) is 0 Å². The topological polar surface area (TPSA) is 59.1 Å². The third-order valence-electron chi connectivity index (χ3n) is 2.68. The summed E-state index contributed by atoms with van der Waals surface area (Å²) in [5.41, 5.74) is 2.10. The third kappa shape index (κ3) is 3.59. The molecule has 0 atom stereocenters. The van der Waals surface area contributed by atoms with Crippen LogP contribution in [0, 0.1) is 6.92 Å². The summed E-state index contributed by atoms with van der Waals surface area (Å²) in [5, 5.41) is 0.691. The Morgan fingerprint density at radius 2 is 1.80 bits per heavy atom. The van der Waals surface area contributed by atoms with Gasteiger partial charge in [-0.05, 0) is 52.7 Å². The molecule has 1 aromatic carbocycles. The lowest BCUT2D eigenvalue weighted by atomic mass is 10.2. The quantitative estimate of drug-likeness (QED) is 0.604. The number of hydrogen-bond acceptors (Lipinski definition) is 3. The number of rotatable bonds is 4. The molecule has 0 amide bonds. The zero-order chi connectivity index (χ0) is 14.8. The van der Waals surface area contributed by atoms with E-state index >= 15 is 0 Å². The number of hydrogen-bond donors (Lipinski definition) is 1. The molecule has 1 aromatic heterocycles. The first-order valence-electron chi connectivity index (χ1n) is 5.73. The van der Waals surface area contributed by atoms with Crippen LogP contribution in [-0.2, 0) is 15.4 Å². The van der Waals surface area contributed by atoms with Crippen molar-refractivity contribution in [2.24, 2.45) is 0 Å². The maximum atomic E-state index is 12.3. The molecule has 1 heterocycles. The van der Waals surface area contributed by atoms with Gasteiger partial charge in [-0.25, -0.2) is 13.4 Å². The molecule has 4 nitrogen and oxygen atoms in total. The number of alkyl halides is 1. The van der Waals surface area contributed by atoms with E-state index in [0.29, 0.717) is 21.3 Å². The molecule has 2 aromatic rings. The average molecular weight is 420 g/mol. The van der Waals surface area contributed by atoms with Gasteiger partial charge in [0, 0.05) is 5.33 Å². The minimum atomic E-state index is -3.59. The van der Waals surface area contributed by atoms with E-state index in [1.807, 2.05) is 0 Å². The molecule has 0 radical (unpaired) electrons. The zero-order valence-electron chi connectivity index (χ0n) is 10.6. The van der Waals surface area contributed by atoms with Gasteiger partial charge in [-0.2, -0.15) is 0 Å². The first-order chi connectivity index (χ1) is 9.42. The van der Waals surface area contributed by atoms with Crippen LogP contribution in [0.25, 0.3) is 0 Å². The maximum absolute atomic E-state index is 12.3. The van der Waals surface area contributed by atoms with Crippen LogP contribution in [-0.4, -0.2) is 13.4 Å². The first-order valence-corrected chi connectivity index (χ1v) is 9.13. The summed E-state index contributed by atoms with van der Waals surface area (Å²) in [4.78, 5) is 4.39. The molecule has 0 spiro atoms. The molecule has 20 heavy (non-hydrogen) atoms. The zero-order valence-corrected chi connectivity index (χ0v) is 14.6. The van der Waals surface area contributed by atoms with Crippen LogP contribution in [0.2, 0.25) is 0 Å².